The van der Waals surface area contributed by atoms with Crippen molar-refractivity contribution in [2.24, 2.45) is 11.8 Å². The largest absolute Gasteiger partial charge is 0.391 e. The van der Waals surface area contributed by atoms with Crippen molar-refractivity contribution in [1.29, 1.82) is 0 Å². The zero-order chi connectivity index (χ0) is 20.2. The highest BCUT2D eigenvalue weighted by molar-refractivity contribution is 7.08. The van der Waals surface area contributed by atoms with Crippen molar-refractivity contribution in [1.82, 2.24) is 20.0 Å². The minimum Gasteiger partial charge on any atom is -0.391 e. The number of aliphatic hydroxyl groups excluding tert-OH is 1. The van der Waals surface area contributed by atoms with E-state index in [0.29, 0.717) is 44.1 Å². The maximum absolute atomic E-state index is 12.6. The maximum atomic E-state index is 12.6. The first kappa shape index (κ1) is 20.1. The summed E-state index contributed by atoms with van der Waals surface area (Å²) in [5.74, 6) is 0.804. The van der Waals surface area contributed by atoms with Gasteiger partial charge in [0.25, 0.3) is 0 Å². The molecule has 2 aromatic rings. The number of aromatic nitrogens is 2. The average Bonchev–Trinajstić information content (AvgIpc) is 3.43. The van der Waals surface area contributed by atoms with Gasteiger partial charge in [-0.25, -0.2) is 0 Å². The van der Waals surface area contributed by atoms with Gasteiger partial charge in [-0.15, -0.1) is 0 Å². The lowest BCUT2D eigenvalue weighted by atomic mass is 9.77. The van der Waals surface area contributed by atoms with Crippen LogP contribution in [0.2, 0.25) is 0 Å². The van der Waals surface area contributed by atoms with Crippen LogP contribution in [0.25, 0.3) is 0 Å². The Kier molecular flexibility index (Phi) is 6.30. The van der Waals surface area contributed by atoms with Crippen molar-refractivity contribution in [3.05, 3.63) is 40.8 Å². The summed E-state index contributed by atoms with van der Waals surface area (Å²) >= 11 is 1.61. The fourth-order valence-electron chi connectivity index (χ4n) is 4.58. The summed E-state index contributed by atoms with van der Waals surface area (Å²) in [5, 5.41) is 21.7. The van der Waals surface area contributed by atoms with Gasteiger partial charge in [0, 0.05) is 38.4 Å². The normalized spacial score (nSPS) is 26.3. The summed E-state index contributed by atoms with van der Waals surface area (Å²) in [7, 11) is 0. The van der Waals surface area contributed by atoms with E-state index in [4.69, 9.17) is 0 Å². The fourth-order valence-corrected chi connectivity index (χ4v) is 5.25. The van der Waals surface area contributed by atoms with E-state index in [-0.39, 0.29) is 17.9 Å². The van der Waals surface area contributed by atoms with E-state index < -0.39 is 6.10 Å². The number of fused-ring (bicyclic) bond motifs is 1. The monoisotopic (exact) mass is 416 g/mol. The standard InChI is InChI=1S/C21H28N4O3S/c26-19-11-17-13-24(21(28)9-15-4-8-29-14-15)12-16(17)10-18(19)23-20(27)3-1-6-25-7-2-5-22-25/h2,4-5,7-8,14,16-19,26H,1,3,6,9-13H2,(H,23,27)/t16-,17+,18-,19-/m0/s1. The van der Waals surface area contributed by atoms with Gasteiger partial charge in [-0.2, -0.15) is 16.4 Å². The van der Waals surface area contributed by atoms with Crippen LogP contribution in [0.5, 0.6) is 0 Å². The zero-order valence-electron chi connectivity index (χ0n) is 16.4. The van der Waals surface area contributed by atoms with Crippen molar-refractivity contribution in [2.45, 2.75) is 50.8 Å². The van der Waals surface area contributed by atoms with Crippen LogP contribution >= 0.6 is 11.3 Å². The fraction of sp³-hybridized carbons (Fsp3) is 0.571. The summed E-state index contributed by atoms with van der Waals surface area (Å²) < 4.78 is 1.81. The highest BCUT2D eigenvalue weighted by Crippen LogP contribution is 2.36. The van der Waals surface area contributed by atoms with E-state index in [1.807, 2.05) is 38.7 Å². The Labute approximate surface area is 174 Å². The molecule has 1 saturated carbocycles. The van der Waals surface area contributed by atoms with E-state index in [9.17, 15) is 14.7 Å². The van der Waals surface area contributed by atoms with Gasteiger partial charge < -0.3 is 15.3 Å². The number of likely N-dealkylation sites (tertiary alicyclic amines) is 1. The van der Waals surface area contributed by atoms with Crippen LogP contribution in [-0.2, 0) is 22.6 Å². The molecule has 0 radical (unpaired) electrons. The van der Waals surface area contributed by atoms with Gasteiger partial charge in [-0.05, 0) is 59.6 Å². The van der Waals surface area contributed by atoms with Crippen molar-refractivity contribution in [3.8, 4) is 0 Å². The van der Waals surface area contributed by atoms with Crippen LogP contribution in [0.3, 0.4) is 0 Å². The molecule has 2 fully saturated rings. The number of thiophene rings is 1. The number of amides is 2. The second-order valence-corrected chi connectivity index (χ2v) is 8.99. The van der Waals surface area contributed by atoms with Crippen LogP contribution in [-0.4, -0.2) is 56.8 Å². The first-order valence-corrected chi connectivity index (χ1v) is 11.3. The predicted molar refractivity (Wildman–Crippen MR) is 110 cm³/mol. The molecule has 7 nitrogen and oxygen atoms in total. The molecule has 2 N–H and O–H groups in total. The Morgan fingerprint density at radius 3 is 2.83 bits per heavy atom. The Hall–Kier alpha value is -2.19. The van der Waals surface area contributed by atoms with Gasteiger partial charge in [-0.3, -0.25) is 14.3 Å². The summed E-state index contributed by atoms with van der Waals surface area (Å²) in [6.45, 7) is 2.15. The highest BCUT2D eigenvalue weighted by Gasteiger charge is 2.43. The summed E-state index contributed by atoms with van der Waals surface area (Å²) in [5.41, 5.74) is 1.06. The molecule has 1 aliphatic heterocycles. The number of nitrogens with one attached hydrogen (secondary N) is 1. The molecular formula is C21H28N4O3S. The smallest absolute Gasteiger partial charge is 0.227 e. The van der Waals surface area contributed by atoms with E-state index >= 15 is 0 Å². The van der Waals surface area contributed by atoms with E-state index in [0.717, 1.165) is 25.1 Å². The third-order valence-electron chi connectivity index (χ3n) is 6.13. The van der Waals surface area contributed by atoms with Crippen molar-refractivity contribution >= 4 is 23.2 Å². The van der Waals surface area contributed by atoms with Gasteiger partial charge in [0.15, 0.2) is 0 Å². The quantitative estimate of drug-likeness (QED) is 0.719. The molecule has 0 spiro atoms. The number of aryl methyl sites for hydroxylation is 1. The molecule has 0 aromatic carbocycles. The predicted octanol–water partition coefficient (Wildman–Crippen LogP) is 1.68. The van der Waals surface area contributed by atoms with Crippen LogP contribution in [0, 0.1) is 11.8 Å². The molecule has 2 amide bonds. The number of carbonyl (C=O) groups excluding carboxylic acids is 2. The Morgan fingerprint density at radius 1 is 1.28 bits per heavy atom. The first-order chi connectivity index (χ1) is 14.1. The van der Waals surface area contributed by atoms with Crippen LogP contribution in [0.4, 0.5) is 0 Å². The lowest BCUT2D eigenvalue weighted by Gasteiger charge is -2.35. The summed E-state index contributed by atoms with van der Waals surface area (Å²) in [4.78, 5) is 26.9. The Balaban J connectivity index is 1.24. The van der Waals surface area contributed by atoms with Gasteiger partial charge in [0.1, 0.15) is 0 Å². The third-order valence-corrected chi connectivity index (χ3v) is 6.86. The highest BCUT2D eigenvalue weighted by atomic mass is 32.1. The molecule has 8 heteroatoms. The SMILES string of the molecule is O=C(CCCn1cccn1)N[C@H]1C[C@H]2CN(C(=O)Cc3ccsc3)C[C@H]2C[C@@H]1O. The van der Waals surface area contributed by atoms with Crippen molar-refractivity contribution in [2.75, 3.05) is 13.1 Å². The van der Waals surface area contributed by atoms with Crippen molar-refractivity contribution in [3.63, 3.8) is 0 Å². The summed E-state index contributed by atoms with van der Waals surface area (Å²) in [6.07, 6.45) is 6.03. The van der Waals surface area contributed by atoms with Gasteiger partial charge in [0.05, 0.1) is 18.6 Å². The molecule has 29 heavy (non-hydrogen) atoms. The van der Waals surface area contributed by atoms with Gasteiger partial charge >= 0.3 is 0 Å². The molecule has 3 heterocycles. The topological polar surface area (TPSA) is 87.5 Å². The molecular weight excluding hydrogens is 388 g/mol. The Morgan fingerprint density at radius 2 is 2.10 bits per heavy atom. The number of carbonyl (C=O) groups is 2. The molecule has 0 unspecified atom stereocenters. The van der Waals surface area contributed by atoms with Gasteiger partial charge in [-0.1, -0.05) is 0 Å². The zero-order valence-corrected chi connectivity index (χ0v) is 17.3. The lowest BCUT2D eigenvalue weighted by Crippen LogP contribution is -2.49. The summed E-state index contributed by atoms with van der Waals surface area (Å²) in [6, 6.07) is 3.64. The molecule has 156 valence electrons. The number of hydrogen-bond donors (Lipinski definition) is 2. The minimum absolute atomic E-state index is 0.0250. The molecule has 1 aliphatic carbocycles. The molecule has 0 bridgehead atoms. The van der Waals surface area contributed by atoms with E-state index in [1.165, 1.54) is 0 Å². The second kappa shape index (κ2) is 9.09. The molecule has 2 aliphatic rings. The second-order valence-electron chi connectivity index (χ2n) is 8.21. The van der Waals surface area contributed by atoms with Crippen LogP contribution in [0.1, 0.15) is 31.2 Å². The van der Waals surface area contributed by atoms with Crippen molar-refractivity contribution < 1.29 is 14.7 Å². The lowest BCUT2D eigenvalue weighted by molar-refractivity contribution is -0.129. The maximum Gasteiger partial charge on any atom is 0.227 e. The van der Waals surface area contributed by atoms with E-state index in [2.05, 4.69) is 10.4 Å². The number of aliphatic hydroxyl groups is 1. The van der Waals surface area contributed by atoms with Gasteiger partial charge in [0.2, 0.25) is 11.8 Å². The number of rotatable bonds is 7. The average molecular weight is 417 g/mol. The van der Waals surface area contributed by atoms with Crippen LogP contribution in [0.15, 0.2) is 35.3 Å². The molecule has 2 aromatic heterocycles. The molecule has 4 rings (SSSR count). The number of nitrogens with zero attached hydrogens (tertiary/aromatic N) is 3. The molecule has 4 atom stereocenters. The molecule has 1 saturated heterocycles. The third kappa shape index (κ3) is 5.05. The first-order valence-electron chi connectivity index (χ1n) is 10.3. The van der Waals surface area contributed by atoms with E-state index in [1.54, 1.807) is 17.5 Å². The minimum atomic E-state index is -0.543. The Bertz CT molecular complexity index is 808. The number of hydrogen-bond acceptors (Lipinski definition) is 5. The van der Waals surface area contributed by atoms with Crippen LogP contribution < -0.4 is 5.32 Å².